The molecule has 1 aliphatic carbocycles. The van der Waals surface area contributed by atoms with Crippen molar-refractivity contribution in [2.24, 2.45) is 11.8 Å². The SMILES string of the molecule is CC(O)C1C2CC3OC(C2)C1O3. The molecule has 3 saturated heterocycles. The summed E-state index contributed by atoms with van der Waals surface area (Å²) in [7, 11) is 0. The first-order valence-electron chi connectivity index (χ1n) is 4.74. The highest BCUT2D eigenvalue weighted by molar-refractivity contribution is 5.02. The molecular formula is C9H14O3. The summed E-state index contributed by atoms with van der Waals surface area (Å²) in [5.74, 6) is 0.973. The zero-order chi connectivity index (χ0) is 8.29. The molecule has 12 heavy (non-hydrogen) atoms. The van der Waals surface area contributed by atoms with Crippen LogP contribution >= 0.6 is 0 Å². The van der Waals surface area contributed by atoms with Crippen LogP contribution in [0.2, 0.25) is 0 Å². The number of aliphatic hydroxyl groups excluding tert-OH is 1. The van der Waals surface area contributed by atoms with Crippen molar-refractivity contribution in [1.82, 2.24) is 0 Å². The zero-order valence-electron chi connectivity index (χ0n) is 7.14. The van der Waals surface area contributed by atoms with Gasteiger partial charge in [-0.1, -0.05) is 0 Å². The van der Waals surface area contributed by atoms with E-state index in [1.165, 1.54) is 0 Å². The average molecular weight is 170 g/mol. The van der Waals surface area contributed by atoms with Crippen LogP contribution in [0.3, 0.4) is 0 Å². The quantitative estimate of drug-likeness (QED) is 0.623. The van der Waals surface area contributed by atoms with Crippen LogP contribution in [-0.4, -0.2) is 29.7 Å². The van der Waals surface area contributed by atoms with Crippen molar-refractivity contribution in [2.75, 3.05) is 0 Å². The Morgan fingerprint density at radius 3 is 2.83 bits per heavy atom. The number of ether oxygens (including phenoxy) is 2. The lowest BCUT2D eigenvalue weighted by molar-refractivity contribution is -0.150. The van der Waals surface area contributed by atoms with Crippen LogP contribution in [-0.2, 0) is 9.47 Å². The first kappa shape index (κ1) is 7.30. The predicted molar refractivity (Wildman–Crippen MR) is 41.4 cm³/mol. The van der Waals surface area contributed by atoms with Gasteiger partial charge in [0.15, 0.2) is 6.29 Å². The molecule has 3 nitrogen and oxygen atoms in total. The van der Waals surface area contributed by atoms with E-state index in [2.05, 4.69) is 0 Å². The standard InChI is InChI=1S/C9H14O3/c1-4(10)8-5-2-6-9(8)12-7(3-5)11-6/h4-10H,2-3H2,1H3. The van der Waals surface area contributed by atoms with Gasteiger partial charge in [0, 0.05) is 12.3 Å². The Bertz CT molecular complexity index is 200. The molecule has 3 heteroatoms. The molecule has 3 aliphatic heterocycles. The molecule has 1 N–H and O–H groups in total. The molecule has 4 fully saturated rings. The van der Waals surface area contributed by atoms with E-state index < -0.39 is 0 Å². The van der Waals surface area contributed by atoms with Crippen LogP contribution in [0.15, 0.2) is 0 Å². The number of aliphatic hydroxyl groups is 1. The molecule has 68 valence electrons. The van der Waals surface area contributed by atoms with Crippen LogP contribution < -0.4 is 0 Å². The van der Waals surface area contributed by atoms with Gasteiger partial charge in [0.2, 0.25) is 0 Å². The molecule has 0 aromatic carbocycles. The summed E-state index contributed by atoms with van der Waals surface area (Å²) in [6, 6.07) is 0. The fourth-order valence-electron chi connectivity index (χ4n) is 3.10. The molecule has 4 bridgehead atoms. The van der Waals surface area contributed by atoms with Gasteiger partial charge in [-0.2, -0.15) is 0 Å². The summed E-state index contributed by atoms with van der Waals surface area (Å²) in [5.41, 5.74) is 0. The Kier molecular flexibility index (Phi) is 1.35. The highest BCUT2D eigenvalue weighted by Gasteiger charge is 2.57. The number of hydrogen-bond acceptors (Lipinski definition) is 3. The Labute approximate surface area is 71.7 Å². The molecule has 0 aromatic heterocycles. The monoisotopic (exact) mass is 170 g/mol. The van der Waals surface area contributed by atoms with Crippen LogP contribution in [0.5, 0.6) is 0 Å². The van der Waals surface area contributed by atoms with Gasteiger partial charge in [-0.15, -0.1) is 0 Å². The fraction of sp³-hybridized carbons (Fsp3) is 1.00. The van der Waals surface area contributed by atoms with E-state index in [0.717, 1.165) is 12.8 Å². The third-order valence-corrected chi connectivity index (χ3v) is 3.51. The molecule has 1 saturated carbocycles. The van der Waals surface area contributed by atoms with Crippen molar-refractivity contribution >= 4 is 0 Å². The van der Waals surface area contributed by atoms with E-state index >= 15 is 0 Å². The minimum Gasteiger partial charge on any atom is -0.393 e. The molecule has 4 aliphatic rings. The maximum absolute atomic E-state index is 9.56. The van der Waals surface area contributed by atoms with Gasteiger partial charge in [0.25, 0.3) is 0 Å². The number of rotatable bonds is 1. The van der Waals surface area contributed by atoms with Gasteiger partial charge in [-0.3, -0.25) is 0 Å². The highest BCUT2D eigenvalue weighted by atomic mass is 16.7. The maximum atomic E-state index is 9.56. The maximum Gasteiger partial charge on any atom is 0.158 e. The normalized spacial score (nSPS) is 58.0. The Morgan fingerprint density at radius 2 is 2.17 bits per heavy atom. The second kappa shape index (κ2) is 2.22. The smallest absolute Gasteiger partial charge is 0.158 e. The van der Waals surface area contributed by atoms with Gasteiger partial charge >= 0.3 is 0 Å². The van der Waals surface area contributed by atoms with Crippen LogP contribution in [0.4, 0.5) is 0 Å². The summed E-state index contributed by atoms with van der Waals surface area (Å²) in [5, 5.41) is 9.56. The molecule has 0 aromatic rings. The van der Waals surface area contributed by atoms with Crippen LogP contribution in [0.1, 0.15) is 19.8 Å². The molecular weight excluding hydrogens is 156 g/mol. The van der Waals surface area contributed by atoms with E-state index in [1.807, 2.05) is 6.92 Å². The van der Waals surface area contributed by atoms with Crippen LogP contribution in [0.25, 0.3) is 0 Å². The van der Waals surface area contributed by atoms with Crippen molar-refractivity contribution in [3.63, 3.8) is 0 Å². The van der Waals surface area contributed by atoms with E-state index in [0.29, 0.717) is 11.8 Å². The van der Waals surface area contributed by atoms with Crippen molar-refractivity contribution in [1.29, 1.82) is 0 Å². The van der Waals surface area contributed by atoms with Crippen molar-refractivity contribution in [3.05, 3.63) is 0 Å². The fourth-order valence-corrected chi connectivity index (χ4v) is 3.10. The van der Waals surface area contributed by atoms with Gasteiger partial charge < -0.3 is 14.6 Å². The minimum atomic E-state index is -0.243. The predicted octanol–water partition coefficient (Wildman–Crippen LogP) is 0.517. The van der Waals surface area contributed by atoms with Gasteiger partial charge in [0.05, 0.1) is 18.3 Å². The van der Waals surface area contributed by atoms with Crippen molar-refractivity contribution < 1.29 is 14.6 Å². The minimum absolute atomic E-state index is 0.0498. The first-order chi connectivity index (χ1) is 5.75. The van der Waals surface area contributed by atoms with Gasteiger partial charge in [-0.25, -0.2) is 0 Å². The lowest BCUT2D eigenvalue weighted by Gasteiger charge is -2.32. The van der Waals surface area contributed by atoms with Gasteiger partial charge in [-0.05, 0) is 19.3 Å². The van der Waals surface area contributed by atoms with E-state index in [1.54, 1.807) is 0 Å². The molecule has 6 atom stereocenters. The van der Waals surface area contributed by atoms with E-state index in [-0.39, 0.29) is 24.6 Å². The van der Waals surface area contributed by atoms with Crippen molar-refractivity contribution in [3.8, 4) is 0 Å². The summed E-state index contributed by atoms with van der Waals surface area (Å²) in [4.78, 5) is 0. The molecule has 0 amide bonds. The summed E-state index contributed by atoms with van der Waals surface area (Å²) >= 11 is 0. The molecule has 3 heterocycles. The average Bonchev–Trinajstić information content (AvgIpc) is 2.38. The summed E-state index contributed by atoms with van der Waals surface area (Å²) in [6.45, 7) is 1.86. The Balaban J connectivity index is 1.90. The Hall–Kier alpha value is -0.120. The third-order valence-electron chi connectivity index (χ3n) is 3.51. The third kappa shape index (κ3) is 0.767. The lowest BCUT2D eigenvalue weighted by Crippen LogP contribution is -2.37. The van der Waals surface area contributed by atoms with E-state index in [4.69, 9.17) is 9.47 Å². The topological polar surface area (TPSA) is 38.7 Å². The molecule has 6 unspecified atom stereocenters. The zero-order valence-corrected chi connectivity index (χ0v) is 7.14. The molecule has 0 spiro atoms. The second-order valence-corrected chi connectivity index (χ2v) is 4.25. The molecule has 0 radical (unpaired) electrons. The highest BCUT2D eigenvalue weighted by Crippen LogP contribution is 2.51. The van der Waals surface area contributed by atoms with Crippen molar-refractivity contribution in [2.45, 2.75) is 44.4 Å². The largest absolute Gasteiger partial charge is 0.393 e. The van der Waals surface area contributed by atoms with E-state index in [9.17, 15) is 5.11 Å². The molecule has 4 rings (SSSR count). The second-order valence-electron chi connectivity index (χ2n) is 4.25. The first-order valence-corrected chi connectivity index (χ1v) is 4.74. The number of hydrogen-bond donors (Lipinski definition) is 1. The lowest BCUT2D eigenvalue weighted by atomic mass is 9.86. The Morgan fingerprint density at radius 1 is 1.33 bits per heavy atom. The van der Waals surface area contributed by atoms with Crippen LogP contribution in [0, 0.1) is 11.8 Å². The summed E-state index contributed by atoms with van der Waals surface area (Å²) < 4.78 is 11.2. The van der Waals surface area contributed by atoms with Gasteiger partial charge in [0.1, 0.15) is 0 Å². The summed E-state index contributed by atoms with van der Waals surface area (Å²) in [6.07, 6.45) is 2.36.